The molecule has 0 unspecified atom stereocenters. The molecule has 0 radical (unpaired) electrons. The number of nitrogens with one attached hydrogen (secondary N) is 1. The number of benzene rings is 2. The highest BCUT2D eigenvalue weighted by Crippen LogP contribution is 2.30. The van der Waals surface area contributed by atoms with Crippen molar-refractivity contribution in [2.24, 2.45) is 5.41 Å². The molecule has 2 rings (SSSR count). The molecule has 0 spiro atoms. The van der Waals surface area contributed by atoms with Crippen LogP contribution in [0.2, 0.25) is 0 Å². The number of hydrogen-bond donors (Lipinski definition) is 1. The lowest BCUT2D eigenvalue weighted by atomic mass is 9.89. The zero-order valence-electron chi connectivity index (χ0n) is 15.2. The molecule has 2 aromatic rings. The van der Waals surface area contributed by atoms with Gasteiger partial charge >= 0.3 is 0 Å². The highest BCUT2D eigenvalue weighted by molar-refractivity contribution is 7.99. The summed E-state index contributed by atoms with van der Waals surface area (Å²) in [4.78, 5) is 14.0. The number of amides is 1. The zero-order chi connectivity index (χ0) is 17.8. The minimum Gasteiger partial charge on any atom is -0.347 e. The average molecular weight is 342 g/mol. The van der Waals surface area contributed by atoms with E-state index in [-0.39, 0.29) is 11.4 Å². The minimum atomic E-state index is -0.443. The van der Waals surface area contributed by atoms with E-state index < -0.39 is 5.41 Å². The SMILES string of the molecule is Cc1ccc(SCC(C)(C)C(=O)NC(C)(C)c2ccccc2)cc1. The van der Waals surface area contributed by atoms with Gasteiger partial charge in [0.1, 0.15) is 0 Å². The summed E-state index contributed by atoms with van der Waals surface area (Å²) in [6.07, 6.45) is 0. The zero-order valence-corrected chi connectivity index (χ0v) is 16.0. The highest BCUT2D eigenvalue weighted by Gasteiger charge is 2.32. The Morgan fingerprint density at radius 1 is 0.958 bits per heavy atom. The molecule has 0 fully saturated rings. The molecule has 2 aromatic carbocycles. The minimum absolute atomic E-state index is 0.0796. The van der Waals surface area contributed by atoms with Gasteiger partial charge < -0.3 is 5.32 Å². The maximum absolute atomic E-state index is 12.8. The van der Waals surface area contributed by atoms with Crippen LogP contribution in [0.25, 0.3) is 0 Å². The van der Waals surface area contributed by atoms with Crippen molar-refractivity contribution >= 4 is 17.7 Å². The molecule has 0 aliphatic rings. The van der Waals surface area contributed by atoms with Gasteiger partial charge in [0.2, 0.25) is 5.91 Å². The van der Waals surface area contributed by atoms with Crippen molar-refractivity contribution in [2.45, 2.75) is 45.1 Å². The number of hydrogen-bond acceptors (Lipinski definition) is 2. The second kappa shape index (κ2) is 7.43. The molecule has 0 aliphatic carbocycles. The fourth-order valence-corrected chi connectivity index (χ4v) is 3.33. The first kappa shape index (κ1) is 18.6. The molecule has 24 heavy (non-hydrogen) atoms. The van der Waals surface area contributed by atoms with Crippen LogP contribution in [0.4, 0.5) is 0 Å². The van der Waals surface area contributed by atoms with Crippen LogP contribution < -0.4 is 5.32 Å². The van der Waals surface area contributed by atoms with Crippen LogP contribution >= 0.6 is 11.8 Å². The lowest BCUT2D eigenvalue weighted by Gasteiger charge is -2.32. The van der Waals surface area contributed by atoms with Gasteiger partial charge in [-0.25, -0.2) is 0 Å². The Hall–Kier alpha value is -1.74. The summed E-state index contributed by atoms with van der Waals surface area (Å²) in [6, 6.07) is 18.5. The van der Waals surface area contributed by atoms with E-state index in [0.717, 1.165) is 11.3 Å². The smallest absolute Gasteiger partial charge is 0.227 e. The quantitative estimate of drug-likeness (QED) is 0.735. The molecule has 0 saturated carbocycles. The molecule has 0 atom stereocenters. The van der Waals surface area contributed by atoms with E-state index >= 15 is 0 Å². The van der Waals surface area contributed by atoms with E-state index in [1.807, 2.05) is 58.0 Å². The Bertz CT molecular complexity index is 675. The summed E-state index contributed by atoms with van der Waals surface area (Å²) >= 11 is 1.73. The second-order valence-electron chi connectivity index (χ2n) is 7.43. The maximum Gasteiger partial charge on any atom is 0.227 e. The third-order valence-corrected chi connectivity index (χ3v) is 5.63. The molecule has 1 N–H and O–H groups in total. The molecule has 3 heteroatoms. The Kier molecular flexibility index (Phi) is 5.76. The van der Waals surface area contributed by atoms with Gasteiger partial charge in [0.05, 0.1) is 11.0 Å². The Morgan fingerprint density at radius 3 is 2.12 bits per heavy atom. The van der Waals surface area contributed by atoms with Crippen LogP contribution in [-0.4, -0.2) is 11.7 Å². The molecule has 128 valence electrons. The standard InChI is InChI=1S/C21H27NOS/c1-16-11-13-18(14-12-16)24-15-20(2,3)19(23)22-21(4,5)17-9-7-6-8-10-17/h6-14H,15H2,1-5H3,(H,22,23). The monoisotopic (exact) mass is 341 g/mol. The highest BCUT2D eigenvalue weighted by atomic mass is 32.2. The van der Waals surface area contributed by atoms with E-state index in [2.05, 4.69) is 36.5 Å². The summed E-state index contributed by atoms with van der Waals surface area (Å²) in [7, 11) is 0. The Labute approximate surface area is 150 Å². The van der Waals surface area contributed by atoms with E-state index in [9.17, 15) is 4.79 Å². The van der Waals surface area contributed by atoms with Gasteiger partial charge in [-0.05, 0) is 38.5 Å². The molecule has 0 aromatic heterocycles. The largest absolute Gasteiger partial charge is 0.347 e. The fourth-order valence-electron chi connectivity index (χ4n) is 2.34. The van der Waals surface area contributed by atoms with Crippen LogP contribution in [0.1, 0.15) is 38.8 Å². The first-order chi connectivity index (χ1) is 11.2. The number of rotatable bonds is 6. The summed E-state index contributed by atoms with van der Waals surface area (Å²) < 4.78 is 0. The molecule has 0 heterocycles. The first-order valence-corrected chi connectivity index (χ1v) is 9.27. The predicted molar refractivity (Wildman–Crippen MR) is 103 cm³/mol. The van der Waals surface area contributed by atoms with Crippen LogP contribution in [0.3, 0.4) is 0 Å². The topological polar surface area (TPSA) is 29.1 Å². The van der Waals surface area contributed by atoms with Gasteiger partial charge in [0.25, 0.3) is 0 Å². The Morgan fingerprint density at radius 2 is 1.54 bits per heavy atom. The molecule has 1 amide bonds. The molecule has 0 bridgehead atoms. The van der Waals surface area contributed by atoms with Crippen LogP contribution in [0, 0.1) is 12.3 Å². The van der Waals surface area contributed by atoms with Gasteiger partial charge in [0.15, 0.2) is 0 Å². The maximum atomic E-state index is 12.8. The molecular weight excluding hydrogens is 314 g/mol. The second-order valence-corrected chi connectivity index (χ2v) is 8.48. The Balaban J connectivity index is 2.00. The number of aryl methyl sites for hydroxylation is 1. The normalized spacial score (nSPS) is 12.0. The number of carbonyl (C=O) groups excluding carboxylic acids is 1. The van der Waals surface area contributed by atoms with E-state index in [0.29, 0.717) is 0 Å². The van der Waals surface area contributed by atoms with Crippen molar-refractivity contribution in [1.29, 1.82) is 0 Å². The third-order valence-electron chi connectivity index (χ3n) is 4.16. The van der Waals surface area contributed by atoms with Crippen molar-refractivity contribution in [1.82, 2.24) is 5.32 Å². The van der Waals surface area contributed by atoms with Crippen molar-refractivity contribution in [3.63, 3.8) is 0 Å². The van der Waals surface area contributed by atoms with Gasteiger partial charge in [-0.2, -0.15) is 0 Å². The van der Waals surface area contributed by atoms with Gasteiger partial charge in [0, 0.05) is 10.6 Å². The van der Waals surface area contributed by atoms with Gasteiger partial charge in [-0.3, -0.25) is 4.79 Å². The lowest BCUT2D eigenvalue weighted by Crippen LogP contribution is -2.47. The van der Waals surface area contributed by atoms with E-state index in [1.54, 1.807) is 11.8 Å². The lowest BCUT2D eigenvalue weighted by molar-refractivity contribution is -0.130. The molecule has 0 aliphatic heterocycles. The van der Waals surface area contributed by atoms with Crippen LogP contribution in [-0.2, 0) is 10.3 Å². The summed E-state index contributed by atoms with van der Waals surface area (Å²) in [6.45, 7) is 10.2. The number of carbonyl (C=O) groups is 1. The van der Waals surface area contributed by atoms with Crippen molar-refractivity contribution in [3.05, 3.63) is 65.7 Å². The van der Waals surface area contributed by atoms with Crippen molar-refractivity contribution < 1.29 is 4.79 Å². The van der Waals surface area contributed by atoms with E-state index in [1.165, 1.54) is 10.5 Å². The predicted octanol–water partition coefficient (Wildman–Crippen LogP) is 5.16. The number of thioether (sulfide) groups is 1. The molecule has 2 nitrogen and oxygen atoms in total. The summed E-state index contributed by atoms with van der Waals surface area (Å²) in [5.41, 5.74) is 1.53. The molecule has 0 saturated heterocycles. The van der Waals surface area contributed by atoms with Crippen LogP contribution in [0.5, 0.6) is 0 Å². The van der Waals surface area contributed by atoms with Crippen molar-refractivity contribution in [2.75, 3.05) is 5.75 Å². The summed E-state index contributed by atoms with van der Waals surface area (Å²) in [5.74, 6) is 0.822. The van der Waals surface area contributed by atoms with Gasteiger partial charge in [-0.1, -0.05) is 61.9 Å². The fraction of sp³-hybridized carbons (Fsp3) is 0.381. The molecular formula is C21H27NOS. The van der Waals surface area contributed by atoms with Gasteiger partial charge in [-0.15, -0.1) is 11.8 Å². The summed E-state index contributed by atoms with van der Waals surface area (Å²) in [5, 5.41) is 3.21. The van der Waals surface area contributed by atoms with E-state index in [4.69, 9.17) is 0 Å². The average Bonchev–Trinajstić information content (AvgIpc) is 2.55. The third kappa shape index (κ3) is 4.88. The first-order valence-electron chi connectivity index (χ1n) is 8.28. The van der Waals surface area contributed by atoms with Crippen molar-refractivity contribution in [3.8, 4) is 0 Å². The van der Waals surface area contributed by atoms with Crippen LogP contribution in [0.15, 0.2) is 59.5 Å².